The van der Waals surface area contributed by atoms with E-state index in [0.717, 1.165) is 25.9 Å². The second-order valence-corrected chi connectivity index (χ2v) is 3.28. The van der Waals surface area contributed by atoms with Gasteiger partial charge in [-0.05, 0) is 12.8 Å². The van der Waals surface area contributed by atoms with Crippen molar-refractivity contribution in [1.82, 2.24) is 4.90 Å². The van der Waals surface area contributed by atoms with Gasteiger partial charge in [0.2, 0.25) is 0 Å². The van der Waals surface area contributed by atoms with E-state index in [9.17, 15) is 0 Å². The first kappa shape index (κ1) is 15.6. The van der Waals surface area contributed by atoms with Crippen LogP contribution in [0.25, 0.3) is 0 Å². The number of hydrogen-bond acceptors (Lipinski definition) is 2. The van der Waals surface area contributed by atoms with Crippen LogP contribution in [0.1, 0.15) is 26.7 Å². The van der Waals surface area contributed by atoms with E-state index >= 15 is 0 Å². The molecule has 0 amide bonds. The Labute approximate surface area is 140 Å². The van der Waals surface area contributed by atoms with Crippen molar-refractivity contribution in [2.45, 2.75) is 26.7 Å². The summed E-state index contributed by atoms with van der Waals surface area (Å²) >= 11 is 9.78. The molecule has 0 atom stereocenters. The Bertz CT molecular complexity index is 103. The van der Waals surface area contributed by atoms with E-state index in [1.54, 1.807) is 0 Å². The van der Waals surface area contributed by atoms with Crippen LogP contribution < -0.4 is 68.9 Å². The van der Waals surface area contributed by atoms with Gasteiger partial charge >= 0.3 is 68.9 Å². The van der Waals surface area contributed by atoms with Crippen LogP contribution in [0.2, 0.25) is 0 Å². The first-order valence-electron chi connectivity index (χ1n) is 3.68. The Morgan fingerprint density at radius 3 is 1.82 bits per heavy atom. The molecule has 0 spiro atoms. The van der Waals surface area contributed by atoms with Crippen LogP contribution in [0.4, 0.5) is 0 Å². The van der Waals surface area contributed by atoms with Gasteiger partial charge in [-0.2, -0.15) is 0 Å². The molecule has 0 saturated heterocycles. The molecule has 0 bridgehead atoms. The van der Waals surface area contributed by atoms with Crippen LogP contribution >= 0.6 is 12.2 Å². The molecular formula is C7H14CsNS2. The molecule has 0 unspecified atom stereocenters. The van der Waals surface area contributed by atoms with Crippen molar-refractivity contribution in [1.29, 1.82) is 0 Å². The molecule has 0 aromatic rings. The van der Waals surface area contributed by atoms with Crippen LogP contribution in [-0.4, -0.2) is 22.3 Å². The summed E-state index contributed by atoms with van der Waals surface area (Å²) in [6.45, 7) is 6.29. The van der Waals surface area contributed by atoms with Crippen molar-refractivity contribution in [3.05, 3.63) is 0 Å². The third-order valence-electron chi connectivity index (χ3n) is 1.25. The van der Waals surface area contributed by atoms with Crippen molar-refractivity contribution in [3.63, 3.8) is 0 Å². The van der Waals surface area contributed by atoms with Gasteiger partial charge in [-0.3, -0.25) is 0 Å². The molecule has 0 fully saturated rings. The minimum atomic E-state index is 0. The Morgan fingerprint density at radius 2 is 1.64 bits per heavy atom. The average molecular weight is 309 g/mol. The normalized spacial score (nSPS) is 8.55. The first-order valence-corrected chi connectivity index (χ1v) is 4.50. The predicted octanol–water partition coefficient (Wildman–Crippen LogP) is -1.06. The molecule has 0 rings (SSSR count). The molecular weight excluding hydrogens is 295 g/mol. The number of thiocarbonyl (C=S) groups is 1. The van der Waals surface area contributed by atoms with Gasteiger partial charge in [0.25, 0.3) is 0 Å². The van der Waals surface area contributed by atoms with Gasteiger partial charge in [0.05, 0.1) is 0 Å². The van der Waals surface area contributed by atoms with Crippen molar-refractivity contribution >= 4 is 29.2 Å². The quantitative estimate of drug-likeness (QED) is 0.482. The molecule has 60 valence electrons. The van der Waals surface area contributed by atoms with Gasteiger partial charge in [0.15, 0.2) is 0 Å². The average Bonchev–Trinajstić information content (AvgIpc) is 1.87. The Balaban J connectivity index is 0. The van der Waals surface area contributed by atoms with E-state index in [4.69, 9.17) is 24.8 Å². The zero-order valence-corrected chi connectivity index (χ0v) is 15.5. The number of hydrogen-bond donors (Lipinski definition) is 0. The van der Waals surface area contributed by atoms with Crippen LogP contribution in [0, 0.1) is 0 Å². The maximum Gasteiger partial charge on any atom is 1.00 e. The molecule has 0 N–H and O–H groups in total. The fourth-order valence-corrected chi connectivity index (χ4v) is 1.20. The van der Waals surface area contributed by atoms with Gasteiger partial charge in [0.1, 0.15) is 0 Å². The topological polar surface area (TPSA) is 3.24 Å². The molecule has 0 aromatic carbocycles. The number of rotatable bonds is 4. The zero-order valence-electron chi connectivity index (χ0n) is 7.59. The number of nitrogens with zero attached hydrogens (tertiary/aromatic N) is 1. The third-order valence-corrected chi connectivity index (χ3v) is 1.76. The molecule has 0 saturated carbocycles. The third kappa shape index (κ3) is 8.49. The molecule has 0 radical (unpaired) electrons. The van der Waals surface area contributed by atoms with Gasteiger partial charge < -0.3 is 29.7 Å². The predicted molar refractivity (Wildman–Crippen MR) is 52.1 cm³/mol. The summed E-state index contributed by atoms with van der Waals surface area (Å²) in [5.41, 5.74) is 0. The molecule has 0 aliphatic rings. The van der Waals surface area contributed by atoms with Crippen LogP contribution in [-0.2, 0) is 12.6 Å². The van der Waals surface area contributed by atoms with E-state index in [1.807, 2.05) is 0 Å². The van der Waals surface area contributed by atoms with Gasteiger partial charge in [-0.25, -0.2) is 0 Å². The van der Waals surface area contributed by atoms with E-state index in [1.165, 1.54) is 0 Å². The van der Waals surface area contributed by atoms with Crippen molar-refractivity contribution in [3.8, 4) is 0 Å². The summed E-state index contributed by atoms with van der Waals surface area (Å²) in [5, 5.41) is 0. The summed E-state index contributed by atoms with van der Waals surface area (Å²) in [6, 6.07) is 0. The smallest absolute Gasteiger partial charge is 0.411 e. The molecule has 0 heterocycles. The maximum atomic E-state index is 4.89. The van der Waals surface area contributed by atoms with Crippen LogP contribution in [0.15, 0.2) is 0 Å². The largest absolute Gasteiger partial charge is 1.00 e. The van der Waals surface area contributed by atoms with E-state index in [0.29, 0.717) is 4.32 Å². The Kier molecular flexibility index (Phi) is 14.6. The summed E-state index contributed by atoms with van der Waals surface area (Å²) < 4.78 is 0.615. The molecule has 0 aromatic heterocycles. The van der Waals surface area contributed by atoms with Crippen LogP contribution in [0.3, 0.4) is 0 Å². The Morgan fingerprint density at radius 1 is 1.27 bits per heavy atom. The fourth-order valence-electron chi connectivity index (χ4n) is 0.834. The zero-order chi connectivity index (χ0) is 7.98. The van der Waals surface area contributed by atoms with Crippen molar-refractivity contribution < 1.29 is 68.9 Å². The minimum Gasteiger partial charge on any atom is -0.411 e. The second kappa shape index (κ2) is 10.2. The van der Waals surface area contributed by atoms with Gasteiger partial charge in [0, 0.05) is 13.1 Å². The summed E-state index contributed by atoms with van der Waals surface area (Å²) in [7, 11) is 0. The second-order valence-electron chi connectivity index (χ2n) is 2.25. The standard InChI is InChI=1S/C7H15NS2.Cs/c1-3-5-8(6-4-2)7(9)10;/h3-6H2,1-2H3,(H,9,10);/q;+1/p-1. The SMILES string of the molecule is CCCN(CCC)C(=S)[S-].[Cs+]. The molecule has 0 aliphatic carbocycles. The molecule has 0 aliphatic heterocycles. The van der Waals surface area contributed by atoms with E-state index < -0.39 is 0 Å². The van der Waals surface area contributed by atoms with E-state index in [-0.39, 0.29) is 68.9 Å². The van der Waals surface area contributed by atoms with Crippen molar-refractivity contribution in [2.24, 2.45) is 0 Å². The van der Waals surface area contributed by atoms with Crippen LogP contribution in [0.5, 0.6) is 0 Å². The summed E-state index contributed by atoms with van der Waals surface area (Å²) in [6.07, 6.45) is 2.24. The molecule has 1 nitrogen and oxygen atoms in total. The summed E-state index contributed by atoms with van der Waals surface area (Å²) in [4.78, 5) is 2.07. The monoisotopic (exact) mass is 309 g/mol. The van der Waals surface area contributed by atoms with E-state index in [2.05, 4.69) is 18.7 Å². The Hall–Kier alpha value is 2.16. The first-order chi connectivity index (χ1) is 4.72. The minimum absolute atomic E-state index is 0. The molecule has 11 heavy (non-hydrogen) atoms. The summed E-state index contributed by atoms with van der Waals surface area (Å²) in [5.74, 6) is 0. The fraction of sp³-hybridized carbons (Fsp3) is 0.857. The molecule has 4 heteroatoms. The van der Waals surface area contributed by atoms with Gasteiger partial charge in [-0.1, -0.05) is 18.2 Å². The van der Waals surface area contributed by atoms with Gasteiger partial charge in [-0.15, -0.1) is 0 Å². The maximum absolute atomic E-state index is 4.89. The van der Waals surface area contributed by atoms with Crippen molar-refractivity contribution in [2.75, 3.05) is 13.1 Å².